The Hall–Kier alpha value is -4.36. The average Bonchev–Trinajstić information content (AvgIpc) is 3.45. The monoisotopic (exact) mass is 519 g/mol. The van der Waals surface area contributed by atoms with E-state index in [0.717, 1.165) is 26.6 Å². The summed E-state index contributed by atoms with van der Waals surface area (Å²) in [6.45, 7) is 6.43. The van der Waals surface area contributed by atoms with E-state index in [2.05, 4.69) is 31.8 Å². The maximum absolute atomic E-state index is 13.6. The zero-order valence-corrected chi connectivity index (χ0v) is 22.0. The fourth-order valence-electron chi connectivity index (χ4n) is 4.91. The van der Waals surface area contributed by atoms with Gasteiger partial charge in [0, 0.05) is 11.8 Å². The molecule has 5 aromatic rings. The van der Waals surface area contributed by atoms with Crippen molar-refractivity contribution in [2.45, 2.75) is 32.2 Å². The Balaban J connectivity index is 1.57. The number of rotatable bonds is 3. The van der Waals surface area contributed by atoms with E-state index in [0.29, 0.717) is 16.4 Å². The first-order valence-electron chi connectivity index (χ1n) is 12.3. The minimum absolute atomic E-state index is 0.000287. The third-order valence-corrected chi connectivity index (χ3v) is 7.92. The lowest BCUT2D eigenvalue weighted by atomic mass is 9.87. The number of nitrogens with zero attached hydrogens (tertiary/aromatic N) is 3. The zero-order valence-electron chi connectivity index (χ0n) is 21.2. The van der Waals surface area contributed by atoms with Crippen LogP contribution in [0.3, 0.4) is 0 Å². The molecule has 6 nitrogen and oxygen atoms in total. The number of Topliss-reactive ketones (excluding diaryl/α,β-unsaturated/α-hetero) is 1. The summed E-state index contributed by atoms with van der Waals surface area (Å²) >= 11 is 1.35. The fourth-order valence-corrected chi connectivity index (χ4v) is 5.94. The molecule has 0 radical (unpaired) electrons. The Morgan fingerprint density at radius 3 is 2.47 bits per heavy atom. The van der Waals surface area contributed by atoms with Crippen molar-refractivity contribution in [3.05, 3.63) is 107 Å². The van der Waals surface area contributed by atoms with Gasteiger partial charge in [0.2, 0.25) is 0 Å². The topological polar surface area (TPSA) is 83.4 Å². The van der Waals surface area contributed by atoms with Gasteiger partial charge in [-0.1, -0.05) is 86.7 Å². The molecule has 2 aromatic heterocycles. The van der Waals surface area contributed by atoms with Gasteiger partial charge in [-0.25, -0.2) is 4.98 Å². The molecular weight excluding hydrogens is 494 g/mol. The first kappa shape index (κ1) is 24.0. The number of amides is 1. The summed E-state index contributed by atoms with van der Waals surface area (Å²) < 4.78 is 0.920. The molecule has 1 aliphatic heterocycles. The molecule has 1 fully saturated rings. The molecule has 1 N–H and O–H groups in total. The molecule has 38 heavy (non-hydrogen) atoms. The number of aliphatic hydroxyl groups is 1. The van der Waals surface area contributed by atoms with Gasteiger partial charge in [-0.2, -0.15) is 0 Å². The number of benzene rings is 3. The van der Waals surface area contributed by atoms with Crippen LogP contribution in [0.25, 0.3) is 26.7 Å². The summed E-state index contributed by atoms with van der Waals surface area (Å²) in [5.41, 5.74) is 2.81. The second-order valence-corrected chi connectivity index (χ2v) is 11.4. The number of hydrogen-bond acceptors (Lipinski definition) is 6. The Kier molecular flexibility index (Phi) is 5.61. The van der Waals surface area contributed by atoms with Crippen LogP contribution in [0.2, 0.25) is 0 Å². The number of pyridine rings is 1. The normalized spacial score (nSPS) is 17.6. The lowest BCUT2D eigenvalue weighted by molar-refractivity contribution is -0.132. The predicted molar refractivity (Wildman–Crippen MR) is 151 cm³/mol. The molecule has 1 saturated heterocycles. The van der Waals surface area contributed by atoms with Crippen molar-refractivity contribution in [2.24, 2.45) is 0 Å². The largest absolute Gasteiger partial charge is 0.507 e. The first-order valence-corrected chi connectivity index (χ1v) is 13.2. The number of aromatic nitrogens is 2. The summed E-state index contributed by atoms with van der Waals surface area (Å²) in [5, 5.41) is 13.7. The molecule has 1 atom stereocenters. The maximum Gasteiger partial charge on any atom is 0.301 e. The number of carbonyl (C=O) groups excluding carboxylic acids is 2. The van der Waals surface area contributed by atoms with E-state index in [1.807, 2.05) is 48.5 Å². The highest BCUT2D eigenvalue weighted by Gasteiger charge is 2.49. The van der Waals surface area contributed by atoms with E-state index in [9.17, 15) is 14.7 Å². The zero-order chi connectivity index (χ0) is 26.6. The highest BCUT2D eigenvalue weighted by atomic mass is 32.1. The number of fused-ring (bicyclic) bond motifs is 2. The molecule has 7 heteroatoms. The smallest absolute Gasteiger partial charge is 0.301 e. The number of carbonyl (C=O) groups is 2. The Morgan fingerprint density at radius 1 is 0.947 bits per heavy atom. The van der Waals surface area contributed by atoms with Crippen molar-refractivity contribution in [1.82, 2.24) is 9.97 Å². The summed E-state index contributed by atoms with van der Waals surface area (Å²) in [7, 11) is 0. The minimum Gasteiger partial charge on any atom is -0.507 e. The van der Waals surface area contributed by atoms with Crippen LogP contribution >= 0.6 is 11.3 Å². The highest BCUT2D eigenvalue weighted by Crippen LogP contribution is 2.44. The lowest BCUT2D eigenvalue weighted by Gasteiger charge is -2.22. The van der Waals surface area contributed by atoms with E-state index in [1.54, 1.807) is 30.5 Å². The van der Waals surface area contributed by atoms with Crippen LogP contribution in [0.5, 0.6) is 0 Å². The molecule has 1 unspecified atom stereocenters. The van der Waals surface area contributed by atoms with E-state index in [4.69, 9.17) is 4.98 Å². The van der Waals surface area contributed by atoms with Crippen molar-refractivity contribution in [3.8, 4) is 0 Å². The summed E-state index contributed by atoms with van der Waals surface area (Å²) in [4.78, 5) is 37.7. The molecule has 1 aliphatic rings. The van der Waals surface area contributed by atoms with Gasteiger partial charge in [-0.05, 0) is 46.0 Å². The SMILES string of the molecule is CC(C)(C)c1ccc2nc(N3C(=O)C(=O)/C(=C(/O)c4cccc5ccccc45)C3c3ccccn3)sc2c1. The molecule has 6 rings (SSSR count). The average molecular weight is 520 g/mol. The van der Waals surface area contributed by atoms with Crippen molar-refractivity contribution in [1.29, 1.82) is 0 Å². The van der Waals surface area contributed by atoms with Crippen molar-refractivity contribution >= 4 is 54.9 Å². The Morgan fingerprint density at radius 2 is 1.71 bits per heavy atom. The fraction of sp³-hybridized carbons (Fsp3) is 0.161. The van der Waals surface area contributed by atoms with Gasteiger partial charge >= 0.3 is 5.91 Å². The van der Waals surface area contributed by atoms with E-state index in [-0.39, 0.29) is 16.7 Å². The lowest BCUT2D eigenvalue weighted by Crippen LogP contribution is -2.29. The van der Waals surface area contributed by atoms with Crippen LogP contribution in [0.1, 0.15) is 43.6 Å². The van der Waals surface area contributed by atoms with Crippen LogP contribution in [-0.4, -0.2) is 26.8 Å². The van der Waals surface area contributed by atoms with Gasteiger partial charge in [0.15, 0.2) is 5.13 Å². The van der Waals surface area contributed by atoms with Gasteiger partial charge in [-0.15, -0.1) is 0 Å². The standard InChI is InChI=1S/C31H25N3O3S/c1-31(2,3)19-14-15-22-24(17-19)38-30(33-22)34-26(23-13-6-7-16-32-23)25(28(36)29(34)37)27(35)21-12-8-10-18-9-4-5-11-20(18)21/h4-17,26,35H,1-3H3/b27-25+. The Labute approximate surface area is 223 Å². The first-order chi connectivity index (χ1) is 18.2. The number of ketones is 1. The third kappa shape index (κ3) is 3.87. The minimum atomic E-state index is -0.919. The Bertz CT molecular complexity index is 1760. The number of anilines is 1. The van der Waals surface area contributed by atoms with E-state index in [1.165, 1.54) is 16.2 Å². The summed E-state index contributed by atoms with van der Waals surface area (Å²) in [6, 6.07) is 23.6. The molecule has 0 saturated carbocycles. The molecule has 188 valence electrons. The van der Waals surface area contributed by atoms with E-state index < -0.39 is 17.7 Å². The third-order valence-electron chi connectivity index (χ3n) is 6.91. The molecule has 3 aromatic carbocycles. The number of hydrogen-bond donors (Lipinski definition) is 1. The molecular formula is C31H25N3O3S. The summed E-state index contributed by atoms with van der Waals surface area (Å²) in [6.07, 6.45) is 1.61. The van der Waals surface area contributed by atoms with Gasteiger partial charge < -0.3 is 5.11 Å². The van der Waals surface area contributed by atoms with Crippen LogP contribution in [0, 0.1) is 0 Å². The van der Waals surface area contributed by atoms with Gasteiger partial charge in [0.25, 0.3) is 5.78 Å². The molecule has 0 spiro atoms. The number of thiazole rings is 1. The van der Waals surface area contributed by atoms with Crippen LogP contribution < -0.4 is 4.90 Å². The van der Waals surface area contributed by atoms with Crippen LogP contribution in [0.4, 0.5) is 5.13 Å². The van der Waals surface area contributed by atoms with E-state index >= 15 is 0 Å². The summed E-state index contributed by atoms with van der Waals surface area (Å²) in [5.74, 6) is -1.73. The maximum atomic E-state index is 13.6. The molecule has 3 heterocycles. The van der Waals surface area contributed by atoms with Crippen LogP contribution in [0.15, 0.2) is 90.6 Å². The molecule has 0 bridgehead atoms. The quantitative estimate of drug-likeness (QED) is 0.162. The predicted octanol–water partition coefficient (Wildman–Crippen LogP) is 6.77. The van der Waals surface area contributed by atoms with Crippen molar-refractivity contribution in [2.75, 3.05) is 4.90 Å². The van der Waals surface area contributed by atoms with Crippen molar-refractivity contribution < 1.29 is 14.7 Å². The van der Waals surface area contributed by atoms with Gasteiger partial charge in [-0.3, -0.25) is 19.5 Å². The highest BCUT2D eigenvalue weighted by molar-refractivity contribution is 7.22. The number of aliphatic hydroxyl groups excluding tert-OH is 1. The van der Waals surface area contributed by atoms with Crippen molar-refractivity contribution in [3.63, 3.8) is 0 Å². The second kappa shape index (κ2) is 8.89. The molecule has 0 aliphatic carbocycles. The van der Waals surface area contributed by atoms with Crippen LogP contribution in [-0.2, 0) is 15.0 Å². The second-order valence-electron chi connectivity index (χ2n) is 10.4. The van der Waals surface area contributed by atoms with Gasteiger partial charge in [0.1, 0.15) is 11.8 Å². The van der Waals surface area contributed by atoms with Gasteiger partial charge in [0.05, 0.1) is 21.5 Å². The molecule has 1 amide bonds.